The Labute approximate surface area is 214 Å². The van der Waals surface area contributed by atoms with Gasteiger partial charge in [-0.25, -0.2) is 12.8 Å². The van der Waals surface area contributed by atoms with E-state index in [4.69, 9.17) is 0 Å². The first-order valence-corrected chi connectivity index (χ1v) is 14.6. The van der Waals surface area contributed by atoms with Gasteiger partial charge in [0.05, 0.1) is 6.26 Å². The van der Waals surface area contributed by atoms with Gasteiger partial charge < -0.3 is 10.2 Å². The molecule has 4 rings (SSSR count). The molecule has 0 spiro atoms. The van der Waals surface area contributed by atoms with Crippen LogP contribution in [0.15, 0.2) is 54.6 Å². The predicted molar refractivity (Wildman–Crippen MR) is 141 cm³/mol. The maximum atomic E-state index is 13.1. The number of rotatable bonds is 9. The van der Waals surface area contributed by atoms with Crippen LogP contribution in [-0.4, -0.2) is 80.5 Å². The quantitative estimate of drug-likeness (QED) is 0.552. The number of likely N-dealkylation sites (tertiary alicyclic amines) is 1. The lowest BCUT2D eigenvalue weighted by molar-refractivity contribution is -0.117. The smallest absolute Gasteiger partial charge is 0.224 e. The van der Waals surface area contributed by atoms with Crippen LogP contribution in [0.3, 0.4) is 0 Å². The van der Waals surface area contributed by atoms with Gasteiger partial charge in [-0.15, -0.1) is 0 Å². The van der Waals surface area contributed by atoms with Gasteiger partial charge in [-0.3, -0.25) is 9.69 Å². The molecule has 2 heterocycles. The van der Waals surface area contributed by atoms with Crippen LogP contribution in [-0.2, 0) is 14.8 Å². The Morgan fingerprint density at radius 2 is 1.61 bits per heavy atom. The fourth-order valence-corrected chi connectivity index (χ4v) is 6.14. The number of carbonyl (C=O) groups is 1. The highest BCUT2D eigenvalue weighted by Gasteiger charge is 2.29. The molecule has 2 aliphatic heterocycles. The second kappa shape index (κ2) is 12.3. The number of hydrogen-bond acceptors (Lipinski definition) is 5. The number of amides is 1. The summed E-state index contributed by atoms with van der Waals surface area (Å²) >= 11 is 0. The topological polar surface area (TPSA) is 73.0 Å². The Morgan fingerprint density at radius 1 is 0.972 bits per heavy atom. The van der Waals surface area contributed by atoms with Crippen LogP contribution in [0.2, 0.25) is 0 Å². The maximum absolute atomic E-state index is 13.1. The first kappa shape index (κ1) is 26.7. The molecule has 0 aromatic heterocycles. The van der Waals surface area contributed by atoms with Crippen molar-refractivity contribution in [2.75, 3.05) is 57.4 Å². The van der Waals surface area contributed by atoms with E-state index in [1.54, 1.807) is 16.4 Å². The Balaban J connectivity index is 1.25. The zero-order valence-electron chi connectivity index (χ0n) is 21.0. The molecule has 1 amide bonds. The van der Waals surface area contributed by atoms with E-state index in [0.29, 0.717) is 31.1 Å². The van der Waals surface area contributed by atoms with E-state index in [0.717, 1.165) is 52.0 Å². The van der Waals surface area contributed by atoms with Crippen LogP contribution >= 0.6 is 0 Å². The Kier molecular flexibility index (Phi) is 9.11. The Morgan fingerprint density at radius 3 is 2.22 bits per heavy atom. The summed E-state index contributed by atoms with van der Waals surface area (Å²) in [6.07, 6.45) is 4.73. The van der Waals surface area contributed by atoms with Gasteiger partial charge >= 0.3 is 0 Å². The Hall–Kier alpha value is -2.33. The zero-order chi connectivity index (χ0) is 25.5. The van der Waals surface area contributed by atoms with Crippen LogP contribution in [0.1, 0.15) is 37.3 Å². The minimum Gasteiger partial charge on any atom is -0.326 e. The van der Waals surface area contributed by atoms with E-state index in [1.165, 1.54) is 24.0 Å². The van der Waals surface area contributed by atoms with Crippen molar-refractivity contribution in [3.05, 3.63) is 66.0 Å². The first-order chi connectivity index (χ1) is 17.3. The standard InChI is InChI=1S/C27H37FN4O3S/c1-36(34,35)32-19-17-31(18-20-32)26(23-5-3-2-4-6-23)13-16-30-14-11-22(12-15-30)21-27(33)29-25-9-7-24(28)8-10-25/h2-10,22,26H,11-21H2,1H3,(H,29,33)/t26-/m0/s1. The van der Waals surface area contributed by atoms with Crippen LogP contribution in [0.4, 0.5) is 10.1 Å². The summed E-state index contributed by atoms with van der Waals surface area (Å²) in [6, 6.07) is 16.6. The minimum absolute atomic E-state index is 0.0163. The second-order valence-electron chi connectivity index (χ2n) is 9.96. The van der Waals surface area contributed by atoms with Gasteiger partial charge in [-0.2, -0.15) is 4.31 Å². The van der Waals surface area contributed by atoms with E-state index in [2.05, 4.69) is 39.4 Å². The lowest BCUT2D eigenvalue weighted by Crippen LogP contribution is -2.49. The molecule has 1 N–H and O–H groups in total. The molecule has 0 bridgehead atoms. The number of nitrogens with zero attached hydrogens (tertiary/aromatic N) is 3. The van der Waals surface area contributed by atoms with Crippen molar-refractivity contribution >= 4 is 21.6 Å². The maximum Gasteiger partial charge on any atom is 0.224 e. The van der Waals surface area contributed by atoms with Gasteiger partial charge in [-0.1, -0.05) is 30.3 Å². The van der Waals surface area contributed by atoms with E-state index in [1.807, 2.05) is 6.07 Å². The molecule has 2 fully saturated rings. The average Bonchev–Trinajstić information content (AvgIpc) is 2.87. The number of benzene rings is 2. The van der Waals surface area contributed by atoms with Crippen molar-refractivity contribution in [3.8, 4) is 0 Å². The molecule has 2 saturated heterocycles. The highest BCUT2D eigenvalue weighted by molar-refractivity contribution is 7.88. The highest BCUT2D eigenvalue weighted by atomic mass is 32.2. The van der Waals surface area contributed by atoms with Gasteiger partial charge in [-0.05, 0) is 74.6 Å². The van der Waals surface area contributed by atoms with Gasteiger partial charge in [0.2, 0.25) is 15.9 Å². The normalized spacial score (nSPS) is 19.7. The number of nitrogens with one attached hydrogen (secondary N) is 1. The van der Waals surface area contributed by atoms with Crippen molar-refractivity contribution in [1.82, 2.24) is 14.1 Å². The fraction of sp³-hybridized carbons (Fsp3) is 0.519. The number of hydrogen-bond donors (Lipinski definition) is 1. The minimum atomic E-state index is -3.15. The molecule has 0 aliphatic carbocycles. The molecular formula is C27H37FN4O3S. The molecule has 36 heavy (non-hydrogen) atoms. The number of carbonyl (C=O) groups excluding carboxylic acids is 1. The summed E-state index contributed by atoms with van der Waals surface area (Å²) in [4.78, 5) is 17.3. The largest absolute Gasteiger partial charge is 0.326 e. The first-order valence-electron chi connectivity index (χ1n) is 12.8. The predicted octanol–water partition coefficient (Wildman–Crippen LogP) is 3.57. The second-order valence-corrected chi connectivity index (χ2v) is 11.9. The van der Waals surface area contributed by atoms with Crippen LogP contribution < -0.4 is 5.32 Å². The Bertz CT molecular complexity index is 1080. The molecule has 2 aromatic rings. The van der Waals surface area contributed by atoms with Gasteiger partial charge in [0.25, 0.3) is 0 Å². The van der Waals surface area contributed by atoms with Gasteiger partial charge in [0.15, 0.2) is 0 Å². The summed E-state index contributed by atoms with van der Waals surface area (Å²) in [5.41, 5.74) is 1.90. The van der Waals surface area contributed by atoms with Crippen molar-refractivity contribution in [2.24, 2.45) is 5.92 Å². The molecule has 1 atom stereocenters. The van der Waals surface area contributed by atoms with Crippen LogP contribution in [0.25, 0.3) is 0 Å². The van der Waals surface area contributed by atoms with Crippen molar-refractivity contribution in [2.45, 2.75) is 31.7 Å². The van der Waals surface area contributed by atoms with Crippen molar-refractivity contribution in [1.29, 1.82) is 0 Å². The molecule has 7 nitrogen and oxygen atoms in total. The zero-order valence-corrected chi connectivity index (χ0v) is 21.8. The molecular weight excluding hydrogens is 479 g/mol. The average molecular weight is 517 g/mol. The molecule has 9 heteroatoms. The number of piperidine rings is 1. The van der Waals surface area contributed by atoms with Crippen molar-refractivity contribution in [3.63, 3.8) is 0 Å². The fourth-order valence-electron chi connectivity index (χ4n) is 5.31. The SMILES string of the molecule is CS(=O)(=O)N1CCN([C@@H](CCN2CCC(CC(=O)Nc3ccc(F)cc3)CC2)c2ccccc2)CC1. The third-order valence-corrected chi connectivity index (χ3v) is 8.70. The van der Waals surface area contributed by atoms with E-state index >= 15 is 0 Å². The summed E-state index contributed by atoms with van der Waals surface area (Å²) in [5.74, 6) is 0.0270. The molecule has 0 radical (unpaired) electrons. The van der Waals surface area contributed by atoms with Crippen molar-refractivity contribution < 1.29 is 17.6 Å². The molecule has 0 unspecified atom stereocenters. The van der Waals surface area contributed by atoms with E-state index in [-0.39, 0.29) is 17.8 Å². The van der Waals surface area contributed by atoms with Crippen LogP contribution in [0.5, 0.6) is 0 Å². The van der Waals surface area contributed by atoms with Gasteiger partial charge in [0.1, 0.15) is 5.82 Å². The third-order valence-electron chi connectivity index (χ3n) is 7.40. The molecule has 0 saturated carbocycles. The van der Waals surface area contributed by atoms with Crippen LogP contribution in [0, 0.1) is 11.7 Å². The number of sulfonamides is 1. The molecule has 2 aromatic carbocycles. The summed E-state index contributed by atoms with van der Waals surface area (Å²) in [5, 5.41) is 2.87. The summed E-state index contributed by atoms with van der Waals surface area (Å²) in [7, 11) is -3.15. The highest BCUT2D eigenvalue weighted by Crippen LogP contribution is 2.28. The molecule has 196 valence electrons. The number of anilines is 1. The third kappa shape index (κ3) is 7.59. The lowest BCUT2D eigenvalue weighted by Gasteiger charge is -2.40. The van der Waals surface area contributed by atoms with E-state index in [9.17, 15) is 17.6 Å². The molecule has 2 aliphatic rings. The number of halogens is 1. The lowest BCUT2D eigenvalue weighted by atomic mass is 9.92. The number of piperazine rings is 1. The van der Waals surface area contributed by atoms with Gasteiger partial charge in [0, 0.05) is 44.3 Å². The monoisotopic (exact) mass is 516 g/mol. The summed E-state index contributed by atoms with van der Waals surface area (Å²) < 4.78 is 38.5. The summed E-state index contributed by atoms with van der Waals surface area (Å²) in [6.45, 7) is 5.45. The van der Waals surface area contributed by atoms with E-state index < -0.39 is 10.0 Å².